The Bertz CT molecular complexity index is 522. The van der Waals surface area contributed by atoms with Crippen molar-refractivity contribution in [3.05, 3.63) is 10.4 Å². The number of piperidine rings is 1. The predicted octanol–water partition coefficient (Wildman–Crippen LogP) is 3.23. The fourth-order valence-corrected chi connectivity index (χ4v) is 4.33. The number of carbonyl (C=O) groups excluding carboxylic acids is 1. The predicted molar refractivity (Wildman–Crippen MR) is 82.7 cm³/mol. The van der Waals surface area contributed by atoms with Crippen LogP contribution >= 0.6 is 11.3 Å². The second-order valence-electron chi connectivity index (χ2n) is 6.02. The van der Waals surface area contributed by atoms with E-state index < -0.39 is 0 Å². The van der Waals surface area contributed by atoms with E-state index in [2.05, 4.69) is 11.8 Å². The number of hydrogen-bond donors (Lipinski definition) is 1. The van der Waals surface area contributed by atoms with E-state index in [9.17, 15) is 4.79 Å². The molecule has 20 heavy (non-hydrogen) atoms. The second kappa shape index (κ2) is 5.28. The minimum absolute atomic E-state index is 0.300. The summed E-state index contributed by atoms with van der Waals surface area (Å²) >= 11 is 1.52. The maximum Gasteiger partial charge on any atom is 0.350 e. The highest BCUT2D eigenvalue weighted by Gasteiger charge is 2.35. The van der Waals surface area contributed by atoms with E-state index in [0.29, 0.717) is 22.4 Å². The zero-order valence-electron chi connectivity index (χ0n) is 12.1. The molecule has 0 amide bonds. The lowest BCUT2D eigenvalue weighted by Crippen LogP contribution is -2.34. The number of ether oxygens (including phenoxy) is 1. The Morgan fingerprint density at radius 3 is 2.75 bits per heavy atom. The molecule has 1 aliphatic heterocycles. The summed E-state index contributed by atoms with van der Waals surface area (Å²) in [5.74, 6) is 0.961. The van der Waals surface area contributed by atoms with Crippen molar-refractivity contribution in [1.82, 2.24) is 0 Å². The topological polar surface area (TPSA) is 55.6 Å². The number of nitrogen functional groups attached to an aromatic ring is 1. The highest BCUT2D eigenvalue weighted by molar-refractivity contribution is 7.18. The van der Waals surface area contributed by atoms with Gasteiger partial charge in [-0.3, -0.25) is 0 Å². The average molecular weight is 294 g/mol. The quantitative estimate of drug-likeness (QED) is 0.870. The first-order valence-corrected chi connectivity index (χ1v) is 8.18. The molecule has 0 bridgehead atoms. The summed E-state index contributed by atoms with van der Waals surface area (Å²) in [6.07, 6.45) is 4.90. The Labute approximate surface area is 123 Å². The fourth-order valence-electron chi connectivity index (χ4n) is 3.06. The van der Waals surface area contributed by atoms with Crippen molar-refractivity contribution in [2.75, 3.05) is 30.8 Å². The van der Waals surface area contributed by atoms with Gasteiger partial charge in [0, 0.05) is 18.7 Å². The summed E-state index contributed by atoms with van der Waals surface area (Å²) in [4.78, 5) is 14.9. The molecule has 0 spiro atoms. The number of anilines is 2. The number of thiophene rings is 1. The van der Waals surface area contributed by atoms with Gasteiger partial charge >= 0.3 is 5.97 Å². The highest BCUT2D eigenvalue weighted by Crippen LogP contribution is 2.52. The minimum atomic E-state index is -0.300. The molecule has 0 aromatic carbocycles. The SMILES string of the molecule is COC(=O)c1sc(N2CCCC(C)C2)c(C2CC2)c1N. The van der Waals surface area contributed by atoms with Crippen LogP contribution in [-0.2, 0) is 4.74 Å². The van der Waals surface area contributed by atoms with Gasteiger partial charge in [-0.15, -0.1) is 11.3 Å². The Balaban J connectivity index is 1.98. The summed E-state index contributed by atoms with van der Waals surface area (Å²) in [7, 11) is 1.42. The molecule has 5 heteroatoms. The maximum absolute atomic E-state index is 11.9. The number of nitrogens with two attached hydrogens (primary N) is 1. The van der Waals surface area contributed by atoms with Crippen molar-refractivity contribution in [3.8, 4) is 0 Å². The van der Waals surface area contributed by atoms with Gasteiger partial charge in [-0.1, -0.05) is 6.92 Å². The highest BCUT2D eigenvalue weighted by atomic mass is 32.1. The van der Waals surface area contributed by atoms with Crippen LogP contribution in [0.2, 0.25) is 0 Å². The Morgan fingerprint density at radius 2 is 2.15 bits per heavy atom. The monoisotopic (exact) mass is 294 g/mol. The first-order chi connectivity index (χ1) is 9.61. The fraction of sp³-hybridized carbons (Fsp3) is 0.667. The summed E-state index contributed by atoms with van der Waals surface area (Å²) in [6, 6.07) is 0. The van der Waals surface area contributed by atoms with Crippen molar-refractivity contribution in [2.45, 2.75) is 38.5 Å². The molecule has 2 N–H and O–H groups in total. The van der Waals surface area contributed by atoms with Crippen LogP contribution in [0.3, 0.4) is 0 Å². The van der Waals surface area contributed by atoms with Gasteiger partial charge in [0.15, 0.2) is 0 Å². The van der Waals surface area contributed by atoms with Gasteiger partial charge in [0.05, 0.1) is 17.8 Å². The van der Waals surface area contributed by atoms with Gasteiger partial charge in [-0.05, 0) is 37.5 Å². The Hall–Kier alpha value is -1.23. The molecule has 2 aliphatic rings. The number of carbonyl (C=O) groups is 1. The average Bonchev–Trinajstić information content (AvgIpc) is 3.21. The first kappa shape index (κ1) is 13.7. The lowest BCUT2D eigenvalue weighted by Gasteiger charge is -2.32. The largest absolute Gasteiger partial charge is 0.465 e. The van der Waals surface area contributed by atoms with Gasteiger partial charge in [0.1, 0.15) is 4.88 Å². The van der Waals surface area contributed by atoms with E-state index in [0.717, 1.165) is 13.1 Å². The van der Waals surface area contributed by atoms with E-state index in [4.69, 9.17) is 10.5 Å². The number of methoxy groups -OCH3 is 1. The van der Waals surface area contributed by atoms with Crippen LogP contribution in [0.15, 0.2) is 0 Å². The normalized spacial score (nSPS) is 22.9. The van der Waals surface area contributed by atoms with Crippen molar-refractivity contribution in [1.29, 1.82) is 0 Å². The van der Waals surface area contributed by atoms with Crippen LogP contribution in [0, 0.1) is 5.92 Å². The van der Waals surface area contributed by atoms with Crippen LogP contribution in [0.25, 0.3) is 0 Å². The molecular formula is C15H22N2O2S. The molecule has 1 unspecified atom stereocenters. The molecule has 1 saturated carbocycles. The van der Waals surface area contributed by atoms with Gasteiger partial charge in [0.2, 0.25) is 0 Å². The zero-order chi connectivity index (χ0) is 14.3. The molecule has 1 aliphatic carbocycles. The van der Waals surface area contributed by atoms with E-state index >= 15 is 0 Å². The summed E-state index contributed by atoms with van der Waals surface area (Å²) in [5.41, 5.74) is 8.12. The molecule has 1 aromatic heterocycles. The Kier molecular flexibility index (Phi) is 3.63. The van der Waals surface area contributed by atoms with Crippen molar-refractivity contribution in [3.63, 3.8) is 0 Å². The summed E-state index contributed by atoms with van der Waals surface area (Å²) in [5, 5.41) is 1.22. The molecule has 4 nitrogen and oxygen atoms in total. The van der Waals surface area contributed by atoms with E-state index in [1.807, 2.05) is 0 Å². The Morgan fingerprint density at radius 1 is 1.40 bits per heavy atom. The number of hydrogen-bond acceptors (Lipinski definition) is 5. The first-order valence-electron chi connectivity index (χ1n) is 7.37. The van der Waals surface area contributed by atoms with Crippen LogP contribution in [0.5, 0.6) is 0 Å². The van der Waals surface area contributed by atoms with Crippen molar-refractivity contribution in [2.24, 2.45) is 5.92 Å². The summed E-state index contributed by atoms with van der Waals surface area (Å²) < 4.78 is 4.87. The van der Waals surface area contributed by atoms with Crippen molar-refractivity contribution >= 4 is 28.0 Å². The van der Waals surface area contributed by atoms with E-state index in [1.54, 1.807) is 0 Å². The molecular weight excluding hydrogens is 272 g/mol. The van der Waals surface area contributed by atoms with Crippen molar-refractivity contribution < 1.29 is 9.53 Å². The number of esters is 1. The number of rotatable bonds is 3. The van der Waals surface area contributed by atoms with Gasteiger partial charge in [-0.2, -0.15) is 0 Å². The standard InChI is InChI=1S/C15H22N2O2S/c1-9-4-3-7-17(8-9)14-11(10-5-6-10)12(16)13(20-14)15(18)19-2/h9-10H,3-8,16H2,1-2H3. The van der Waals surface area contributed by atoms with Crippen LogP contribution in [-0.4, -0.2) is 26.2 Å². The van der Waals surface area contributed by atoms with E-state index in [1.165, 1.54) is 54.7 Å². The lowest BCUT2D eigenvalue weighted by atomic mass is 10.00. The molecule has 2 fully saturated rings. The molecule has 1 aromatic rings. The third kappa shape index (κ3) is 2.39. The van der Waals surface area contributed by atoms with Gasteiger partial charge in [-0.25, -0.2) is 4.79 Å². The third-order valence-corrected chi connectivity index (χ3v) is 5.53. The molecule has 1 saturated heterocycles. The number of nitrogens with zero attached hydrogens (tertiary/aromatic N) is 1. The second-order valence-corrected chi connectivity index (χ2v) is 7.02. The van der Waals surface area contributed by atoms with Gasteiger partial charge < -0.3 is 15.4 Å². The van der Waals surface area contributed by atoms with Crippen LogP contribution < -0.4 is 10.6 Å². The zero-order valence-corrected chi connectivity index (χ0v) is 13.0. The molecule has 3 rings (SSSR count). The molecule has 1 atom stereocenters. The molecule has 110 valence electrons. The molecule has 2 heterocycles. The smallest absolute Gasteiger partial charge is 0.350 e. The minimum Gasteiger partial charge on any atom is -0.465 e. The summed E-state index contributed by atoms with van der Waals surface area (Å²) in [6.45, 7) is 4.44. The van der Waals surface area contributed by atoms with Gasteiger partial charge in [0.25, 0.3) is 0 Å². The van der Waals surface area contributed by atoms with E-state index in [-0.39, 0.29) is 5.97 Å². The lowest BCUT2D eigenvalue weighted by molar-refractivity contribution is 0.0607. The van der Waals surface area contributed by atoms with Crippen LogP contribution in [0.1, 0.15) is 53.8 Å². The van der Waals surface area contributed by atoms with Crippen LogP contribution in [0.4, 0.5) is 10.7 Å². The third-order valence-electron chi connectivity index (χ3n) is 4.26. The maximum atomic E-state index is 11.9. The molecule has 0 radical (unpaired) electrons.